The molecule has 140 valence electrons. The summed E-state index contributed by atoms with van der Waals surface area (Å²) in [6.45, 7) is 6.35. The predicted octanol–water partition coefficient (Wildman–Crippen LogP) is 5.02. The van der Waals surface area contributed by atoms with Crippen molar-refractivity contribution in [2.45, 2.75) is 26.2 Å². The Morgan fingerprint density at radius 3 is 1.92 bits per heavy atom. The van der Waals surface area contributed by atoms with Gasteiger partial charge in [0.1, 0.15) is 21.7 Å². The predicted molar refractivity (Wildman–Crippen MR) is 107 cm³/mol. The Kier molecular flexibility index (Phi) is 6.18. The average Bonchev–Trinajstić information content (AvgIpc) is 2.60. The molecule has 0 atom stereocenters. The maximum absolute atomic E-state index is 12.8. The highest BCUT2D eigenvalue weighted by molar-refractivity contribution is 9.10. The second-order valence-electron chi connectivity index (χ2n) is 6.81. The number of nitrogens with one attached hydrogen (secondary N) is 1. The fraction of sp³-hybridized carbons (Fsp3) is 0.350. The Hall–Kier alpha value is -2.21. The van der Waals surface area contributed by atoms with Crippen molar-refractivity contribution in [2.75, 3.05) is 26.6 Å². The fourth-order valence-corrected chi connectivity index (χ4v) is 3.02. The molecule has 5 nitrogen and oxygen atoms in total. The van der Waals surface area contributed by atoms with Crippen LogP contribution in [0.15, 0.2) is 34.8 Å². The smallest absolute Gasteiger partial charge is 0.256 e. The van der Waals surface area contributed by atoms with Gasteiger partial charge in [0.15, 0.2) is 0 Å². The number of methoxy groups -OCH3 is 3. The number of hydrogen-bond donors (Lipinski definition) is 1. The van der Waals surface area contributed by atoms with Crippen LogP contribution < -0.4 is 19.5 Å². The molecule has 2 aromatic carbocycles. The van der Waals surface area contributed by atoms with E-state index in [1.165, 1.54) is 14.2 Å². The summed E-state index contributed by atoms with van der Waals surface area (Å²) < 4.78 is 16.7. The van der Waals surface area contributed by atoms with Crippen LogP contribution >= 0.6 is 15.9 Å². The average molecular weight is 422 g/mol. The second kappa shape index (κ2) is 7.99. The van der Waals surface area contributed by atoms with Gasteiger partial charge in [0.05, 0.1) is 27.0 Å². The summed E-state index contributed by atoms with van der Waals surface area (Å²) in [5, 5.41) is 2.92. The number of amides is 1. The van der Waals surface area contributed by atoms with Gasteiger partial charge < -0.3 is 19.5 Å². The summed E-state index contributed by atoms with van der Waals surface area (Å²) in [5.41, 5.74) is 2.09. The van der Waals surface area contributed by atoms with Gasteiger partial charge in [-0.3, -0.25) is 4.79 Å². The third-order valence-electron chi connectivity index (χ3n) is 4.02. The number of benzene rings is 2. The third-order valence-corrected chi connectivity index (χ3v) is 4.80. The molecule has 1 amide bonds. The number of carbonyl (C=O) groups excluding carboxylic acids is 1. The minimum atomic E-state index is -0.279. The van der Waals surface area contributed by atoms with E-state index >= 15 is 0 Å². The van der Waals surface area contributed by atoms with Crippen LogP contribution in [0.5, 0.6) is 17.2 Å². The summed E-state index contributed by atoms with van der Waals surface area (Å²) in [6, 6.07) is 9.10. The van der Waals surface area contributed by atoms with E-state index in [0.717, 1.165) is 5.56 Å². The van der Waals surface area contributed by atoms with Gasteiger partial charge in [-0.25, -0.2) is 0 Å². The van der Waals surface area contributed by atoms with Gasteiger partial charge in [-0.05, 0) is 51.2 Å². The SMILES string of the molecule is COc1ccc(C(C)(C)C)cc1NC(=O)c1cc(OC)c(Br)c(OC)c1. The molecule has 0 radical (unpaired) electrons. The molecule has 26 heavy (non-hydrogen) atoms. The van der Waals surface area contributed by atoms with Crippen molar-refractivity contribution in [3.8, 4) is 17.2 Å². The van der Waals surface area contributed by atoms with Crippen LogP contribution in [0.4, 0.5) is 5.69 Å². The molecule has 0 saturated carbocycles. The molecule has 0 aliphatic heterocycles. The lowest BCUT2D eigenvalue weighted by atomic mass is 9.87. The van der Waals surface area contributed by atoms with Gasteiger partial charge in [-0.2, -0.15) is 0 Å². The Labute approximate surface area is 162 Å². The Morgan fingerprint density at radius 1 is 0.923 bits per heavy atom. The number of anilines is 1. The molecule has 0 aliphatic rings. The van der Waals surface area contributed by atoms with Gasteiger partial charge >= 0.3 is 0 Å². The Balaban J connectivity index is 2.41. The lowest BCUT2D eigenvalue weighted by Crippen LogP contribution is -2.16. The normalized spacial score (nSPS) is 11.0. The van der Waals surface area contributed by atoms with E-state index in [9.17, 15) is 4.79 Å². The fourth-order valence-electron chi connectivity index (χ4n) is 2.47. The molecule has 0 aliphatic carbocycles. The summed E-state index contributed by atoms with van der Waals surface area (Å²) in [7, 11) is 4.65. The minimum Gasteiger partial charge on any atom is -0.495 e. The third kappa shape index (κ3) is 4.30. The highest BCUT2D eigenvalue weighted by atomic mass is 79.9. The molecular weight excluding hydrogens is 398 g/mol. The topological polar surface area (TPSA) is 56.8 Å². The Morgan fingerprint density at radius 2 is 1.46 bits per heavy atom. The molecule has 0 unspecified atom stereocenters. The lowest BCUT2D eigenvalue weighted by molar-refractivity contribution is 0.102. The summed E-state index contributed by atoms with van der Waals surface area (Å²) in [6.07, 6.45) is 0. The molecule has 2 aromatic rings. The van der Waals surface area contributed by atoms with Crippen molar-refractivity contribution in [1.82, 2.24) is 0 Å². The largest absolute Gasteiger partial charge is 0.495 e. The first-order chi connectivity index (χ1) is 12.2. The standard InChI is InChI=1S/C20H24BrNO4/c1-20(2,3)13-7-8-15(24-4)14(11-13)22-19(23)12-9-16(25-5)18(21)17(10-12)26-6/h7-11H,1-6H3,(H,22,23). The quantitative estimate of drug-likeness (QED) is 0.735. The maximum atomic E-state index is 12.8. The molecular formula is C20H24BrNO4. The van der Waals surface area contributed by atoms with E-state index in [4.69, 9.17) is 14.2 Å². The van der Waals surface area contributed by atoms with E-state index in [1.54, 1.807) is 19.2 Å². The number of ether oxygens (including phenoxy) is 3. The zero-order chi connectivity index (χ0) is 19.5. The van der Waals surface area contributed by atoms with Crippen molar-refractivity contribution >= 4 is 27.5 Å². The molecule has 6 heteroatoms. The highest BCUT2D eigenvalue weighted by Crippen LogP contribution is 2.36. The summed E-state index contributed by atoms with van der Waals surface area (Å²) >= 11 is 3.40. The van der Waals surface area contributed by atoms with Crippen molar-refractivity contribution < 1.29 is 19.0 Å². The first kappa shape index (κ1) is 20.1. The van der Waals surface area contributed by atoms with E-state index in [0.29, 0.717) is 33.0 Å². The van der Waals surface area contributed by atoms with E-state index in [1.807, 2.05) is 18.2 Å². The van der Waals surface area contributed by atoms with Crippen LogP contribution in [0.3, 0.4) is 0 Å². The lowest BCUT2D eigenvalue weighted by Gasteiger charge is -2.21. The van der Waals surface area contributed by atoms with Gasteiger partial charge in [0.25, 0.3) is 5.91 Å². The minimum absolute atomic E-state index is 0.0458. The van der Waals surface area contributed by atoms with E-state index < -0.39 is 0 Å². The highest BCUT2D eigenvalue weighted by Gasteiger charge is 2.19. The first-order valence-corrected chi connectivity index (χ1v) is 8.92. The molecule has 0 heterocycles. The number of carbonyl (C=O) groups is 1. The van der Waals surface area contributed by atoms with Gasteiger partial charge in [0, 0.05) is 5.56 Å². The maximum Gasteiger partial charge on any atom is 0.256 e. The van der Waals surface area contributed by atoms with Crippen molar-refractivity contribution in [2.24, 2.45) is 0 Å². The summed E-state index contributed by atoms with van der Waals surface area (Å²) in [5.74, 6) is 1.36. The first-order valence-electron chi connectivity index (χ1n) is 8.12. The van der Waals surface area contributed by atoms with Gasteiger partial charge in [0.2, 0.25) is 0 Å². The molecule has 0 fully saturated rings. The van der Waals surface area contributed by atoms with E-state index in [2.05, 4.69) is 42.0 Å². The monoisotopic (exact) mass is 421 g/mol. The van der Waals surface area contributed by atoms with Crippen molar-refractivity contribution in [3.63, 3.8) is 0 Å². The van der Waals surface area contributed by atoms with Crippen molar-refractivity contribution in [3.05, 3.63) is 45.9 Å². The van der Waals surface area contributed by atoms with Crippen LogP contribution in [0.2, 0.25) is 0 Å². The zero-order valence-electron chi connectivity index (χ0n) is 15.9. The Bertz CT molecular complexity index is 787. The second-order valence-corrected chi connectivity index (χ2v) is 7.61. The van der Waals surface area contributed by atoms with Gasteiger partial charge in [-0.1, -0.05) is 26.8 Å². The van der Waals surface area contributed by atoms with Crippen LogP contribution in [0.25, 0.3) is 0 Å². The van der Waals surface area contributed by atoms with Crippen LogP contribution in [0.1, 0.15) is 36.7 Å². The van der Waals surface area contributed by atoms with Crippen molar-refractivity contribution in [1.29, 1.82) is 0 Å². The zero-order valence-corrected chi connectivity index (χ0v) is 17.5. The molecule has 1 N–H and O–H groups in total. The molecule has 2 rings (SSSR count). The number of hydrogen-bond acceptors (Lipinski definition) is 4. The molecule has 0 saturated heterocycles. The number of rotatable bonds is 5. The van der Waals surface area contributed by atoms with E-state index in [-0.39, 0.29) is 11.3 Å². The molecule has 0 spiro atoms. The van der Waals surface area contributed by atoms with Crippen LogP contribution in [0, 0.1) is 0 Å². The van der Waals surface area contributed by atoms with Gasteiger partial charge in [-0.15, -0.1) is 0 Å². The van der Waals surface area contributed by atoms with Crippen LogP contribution in [-0.4, -0.2) is 27.2 Å². The number of halogens is 1. The molecule has 0 aromatic heterocycles. The molecule has 0 bridgehead atoms. The van der Waals surface area contributed by atoms with Crippen LogP contribution in [-0.2, 0) is 5.41 Å². The summed E-state index contributed by atoms with van der Waals surface area (Å²) in [4.78, 5) is 12.8.